The first-order valence-electron chi connectivity index (χ1n) is 9.39. The van der Waals surface area contributed by atoms with Crippen molar-refractivity contribution in [2.24, 2.45) is 7.05 Å². The number of benzene rings is 1. The Morgan fingerprint density at radius 3 is 2.48 bits per heavy atom. The number of aryl methyl sites for hydroxylation is 4. The second-order valence-electron chi connectivity index (χ2n) is 6.66. The molecule has 0 spiro atoms. The summed E-state index contributed by atoms with van der Waals surface area (Å²) >= 11 is 0. The van der Waals surface area contributed by atoms with Gasteiger partial charge in [-0.25, -0.2) is 9.78 Å². The van der Waals surface area contributed by atoms with E-state index in [1.165, 1.54) is 17.9 Å². The number of amides is 1. The minimum absolute atomic E-state index is 0.00953. The Morgan fingerprint density at radius 1 is 1.21 bits per heavy atom. The number of esters is 1. The van der Waals surface area contributed by atoms with E-state index >= 15 is 0 Å². The number of rotatable bonds is 6. The third kappa shape index (κ3) is 3.91. The van der Waals surface area contributed by atoms with Crippen molar-refractivity contribution in [3.63, 3.8) is 0 Å². The first-order valence-corrected chi connectivity index (χ1v) is 9.39. The molecule has 0 atom stereocenters. The molecule has 0 aliphatic rings. The molecule has 0 aliphatic carbocycles. The lowest BCUT2D eigenvalue weighted by Gasteiger charge is -2.14. The molecule has 2 heterocycles. The molecular formula is C21H23N3O5. The van der Waals surface area contributed by atoms with Crippen molar-refractivity contribution in [2.75, 3.05) is 11.9 Å². The smallest absolute Gasteiger partial charge is 0.343 e. The van der Waals surface area contributed by atoms with Crippen molar-refractivity contribution in [3.8, 4) is 0 Å². The Labute approximate surface area is 167 Å². The van der Waals surface area contributed by atoms with Gasteiger partial charge >= 0.3 is 5.97 Å². The lowest BCUT2D eigenvalue weighted by atomic mass is 10.0. The maximum absolute atomic E-state index is 12.6. The fraction of sp³-hybridized carbons (Fsp3) is 0.333. The largest absolute Gasteiger partial charge is 0.452 e. The molecule has 0 saturated carbocycles. The summed E-state index contributed by atoms with van der Waals surface area (Å²) < 4.78 is 11.8. The third-order valence-corrected chi connectivity index (χ3v) is 4.75. The lowest BCUT2D eigenvalue weighted by Crippen LogP contribution is -2.23. The predicted octanol–water partition coefficient (Wildman–Crippen LogP) is 2.76. The number of anilines is 1. The van der Waals surface area contributed by atoms with Crippen LogP contribution in [0, 0.1) is 6.92 Å². The quantitative estimate of drug-likeness (QED) is 0.642. The molecule has 8 heteroatoms. The summed E-state index contributed by atoms with van der Waals surface area (Å²) in [5, 5.41) is 2.88. The highest BCUT2D eigenvalue weighted by atomic mass is 16.5. The number of hydrogen-bond donors (Lipinski definition) is 1. The van der Waals surface area contributed by atoms with Gasteiger partial charge in [-0.3, -0.25) is 9.59 Å². The zero-order chi connectivity index (χ0) is 21.1. The molecule has 3 aromatic rings. The molecule has 0 bridgehead atoms. The number of para-hydroxylation sites is 1. The van der Waals surface area contributed by atoms with Crippen LogP contribution in [-0.2, 0) is 29.4 Å². The normalized spacial score (nSPS) is 10.9. The SMILES string of the molecule is CCc1cccc(CC)c1NC(=O)COC(=O)c1c(C)oc2ncn(C)c(=O)c12. The molecular weight excluding hydrogens is 374 g/mol. The van der Waals surface area contributed by atoms with Gasteiger partial charge in [0.1, 0.15) is 23.0 Å². The predicted molar refractivity (Wildman–Crippen MR) is 108 cm³/mol. The number of ether oxygens (including phenoxy) is 1. The van der Waals surface area contributed by atoms with Crippen molar-refractivity contribution < 1.29 is 18.7 Å². The number of nitrogens with one attached hydrogen (secondary N) is 1. The number of furan rings is 1. The molecule has 1 N–H and O–H groups in total. The molecule has 0 radical (unpaired) electrons. The molecule has 152 valence electrons. The number of nitrogens with zero attached hydrogens (tertiary/aromatic N) is 2. The molecule has 0 aliphatic heterocycles. The highest BCUT2D eigenvalue weighted by Crippen LogP contribution is 2.23. The van der Waals surface area contributed by atoms with Gasteiger partial charge in [0.15, 0.2) is 6.61 Å². The number of fused-ring (bicyclic) bond motifs is 1. The molecule has 8 nitrogen and oxygen atoms in total. The van der Waals surface area contributed by atoms with Crippen LogP contribution >= 0.6 is 0 Å². The summed E-state index contributed by atoms with van der Waals surface area (Å²) in [4.78, 5) is 41.3. The van der Waals surface area contributed by atoms with Crippen LogP contribution in [0.5, 0.6) is 0 Å². The highest BCUT2D eigenvalue weighted by molar-refractivity contribution is 6.04. The lowest BCUT2D eigenvalue weighted by molar-refractivity contribution is -0.119. The number of carbonyl (C=O) groups excluding carboxylic acids is 2. The molecule has 2 aromatic heterocycles. The molecule has 1 amide bonds. The van der Waals surface area contributed by atoms with Gasteiger partial charge in [0.2, 0.25) is 5.71 Å². The van der Waals surface area contributed by atoms with E-state index in [2.05, 4.69) is 10.3 Å². The second kappa shape index (κ2) is 8.30. The first-order chi connectivity index (χ1) is 13.9. The van der Waals surface area contributed by atoms with Crippen molar-refractivity contribution in [1.82, 2.24) is 9.55 Å². The molecule has 29 heavy (non-hydrogen) atoms. The zero-order valence-electron chi connectivity index (χ0n) is 16.9. The molecule has 0 fully saturated rings. The molecule has 3 rings (SSSR count). The van der Waals surface area contributed by atoms with E-state index in [1.807, 2.05) is 32.0 Å². The zero-order valence-corrected chi connectivity index (χ0v) is 16.9. The van der Waals surface area contributed by atoms with Crippen LogP contribution in [0.3, 0.4) is 0 Å². The van der Waals surface area contributed by atoms with E-state index in [9.17, 15) is 14.4 Å². The minimum atomic E-state index is -0.805. The van der Waals surface area contributed by atoms with Gasteiger partial charge in [-0.15, -0.1) is 0 Å². The van der Waals surface area contributed by atoms with E-state index < -0.39 is 24.0 Å². The summed E-state index contributed by atoms with van der Waals surface area (Å²) in [6.07, 6.45) is 2.84. The second-order valence-corrected chi connectivity index (χ2v) is 6.66. The van der Waals surface area contributed by atoms with Crippen molar-refractivity contribution in [1.29, 1.82) is 0 Å². The number of aromatic nitrogens is 2. The topological polar surface area (TPSA) is 103 Å². The fourth-order valence-electron chi connectivity index (χ4n) is 3.21. The Bertz CT molecular complexity index is 1120. The van der Waals surface area contributed by atoms with Crippen LogP contribution in [0.2, 0.25) is 0 Å². The molecule has 0 saturated heterocycles. The van der Waals surface area contributed by atoms with Gasteiger partial charge < -0.3 is 19.0 Å². The van der Waals surface area contributed by atoms with Crippen molar-refractivity contribution in [3.05, 3.63) is 57.3 Å². The van der Waals surface area contributed by atoms with Crippen LogP contribution in [0.25, 0.3) is 11.1 Å². The summed E-state index contributed by atoms with van der Waals surface area (Å²) in [6, 6.07) is 5.85. The van der Waals surface area contributed by atoms with Crippen molar-refractivity contribution in [2.45, 2.75) is 33.6 Å². The van der Waals surface area contributed by atoms with Crippen LogP contribution < -0.4 is 10.9 Å². The average molecular weight is 397 g/mol. The Hall–Kier alpha value is -3.42. The van der Waals surface area contributed by atoms with Crippen molar-refractivity contribution >= 4 is 28.7 Å². The highest BCUT2D eigenvalue weighted by Gasteiger charge is 2.24. The summed E-state index contributed by atoms with van der Waals surface area (Å²) in [6.45, 7) is 5.08. The van der Waals surface area contributed by atoms with E-state index in [0.717, 1.165) is 29.7 Å². The van der Waals surface area contributed by atoms with E-state index in [0.29, 0.717) is 0 Å². The minimum Gasteiger partial charge on any atom is -0.452 e. The summed E-state index contributed by atoms with van der Waals surface area (Å²) in [5.41, 5.74) is 2.40. The molecule has 1 aromatic carbocycles. The van der Waals surface area contributed by atoms with Gasteiger partial charge in [0, 0.05) is 12.7 Å². The van der Waals surface area contributed by atoms with E-state index in [1.54, 1.807) is 6.92 Å². The standard InChI is InChI=1S/C21H23N3O5/c1-5-13-8-7-9-14(6-2)18(13)23-15(25)10-28-21(27)16-12(3)29-19-17(16)20(26)24(4)11-22-19/h7-9,11H,5-6,10H2,1-4H3,(H,23,25). The maximum Gasteiger partial charge on any atom is 0.343 e. The van der Waals surface area contributed by atoms with Crippen LogP contribution in [-0.4, -0.2) is 28.0 Å². The Morgan fingerprint density at radius 2 is 1.86 bits per heavy atom. The fourth-order valence-corrected chi connectivity index (χ4v) is 3.21. The van der Waals surface area contributed by atoms with Crippen LogP contribution in [0.4, 0.5) is 5.69 Å². The van der Waals surface area contributed by atoms with Gasteiger partial charge in [-0.1, -0.05) is 32.0 Å². The average Bonchev–Trinajstić information content (AvgIpc) is 3.05. The van der Waals surface area contributed by atoms with Gasteiger partial charge in [0.05, 0.1) is 0 Å². The monoisotopic (exact) mass is 397 g/mol. The first kappa shape index (κ1) is 20.3. The van der Waals surface area contributed by atoms with Crippen LogP contribution in [0.1, 0.15) is 41.1 Å². The van der Waals surface area contributed by atoms with E-state index in [-0.39, 0.29) is 22.4 Å². The third-order valence-electron chi connectivity index (χ3n) is 4.75. The summed E-state index contributed by atoms with van der Waals surface area (Å²) in [5.74, 6) is -1.04. The molecule has 0 unspecified atom stereocenters. The van der Waals surface area contributed by atoms with Gasteiger partial charge in [-0.05, 0) is 30.9 Å². The van der Waals surface area contributed by atoms with Gasteiger partial charge in [0.25, 0.3) is 11.5 Å². The van der Waals surface area contributed by atoms with Crippen LogP contribution in [0.15, 0.2) is 33.7 Å². The number of hydrogen-bond acceptors (Lipinski definition) is 6. The Kier molecular flexibility index (Phi) is 5.81. The maximum atomic E-state index is 12.6. The summed E-state index contributed by atoms with van der Waals surface area (Å²) in [7, 11) is 1.52. The number of carbonyl (C=O) groups is 2. The Balaban J connectivity index is 1.78. The van der Waals surface area contributed by atoms with Gasteiger partial charge in [-0.2, -0.15) is 0 Å². The van der Waals surface area contributed by atoms with E-state index in [4.69, 9.17) is 9.15 Å².